The zero-order valence-corrected chi connectivity index (χ0v) is 10.00. The molecule has 3 N–H and O–H groups in total. The second-order valence-electron chi connectivity index (χ2n) is 3.76. The van der Waals surface area contributed by atoms with Crippen LogP contribution < -0.4 is 11.1 Å². The molecule has 0 radical (unpaired) electrons. The van der Waals surface area contributed by atoms with Crippen LogP contribution in [-0.2, 0) is 9.59 Å². The third-order valence-electron chi connectivity index (χ3n) is 2.14. The van der Waals surface area contributed by atoms with Crippen molar-refractivity contribution in [3.05, 3.63) is 12.2 Å². The molecule has 0 aromatic rings. The molecule has 0 saturated heterocycles. The van der Waals surface area contributed by atoms with Crippen LogP contribution in [0.25, 0.3) is 0 Å². The molecule has 0 heterocycles. The lowest BCUT2D eigenvalue weighted by atomic mass is 10.2. The molecular weight excluding hydrogens is 204 g/mol. The van der Waals surface area contributed by atoms with Crippen LogP contribution in [-0.4, -0.2) is 18.4 Å². The lowest BCUT2D eigenvalue weighted by Gasteiger charge is -2.00. The Morgan fingerprint density at radius 2 is 2.00 bits per heavy atom. The van der Waals surface area contributed by atoms with E-state index in [2.05, 4.69) is 12.2 Å². The van der Waals surface area contributed by atoms with E-state index < -0.39 is 0 Å². The van der Waals surface area contributed by atoms with Crippen molar-refractivity contribution < 1.29 is 9.59 Å². The molecular formula is C12H22N2O2. The van der Waals surface area contributed by atoms with Crippen LogP contribution in [0.15, 0.2) is 12.2 Å². The summed E-state index contributed by atoms with van der Waals surface area (Å²) in [6, 6.07) is 0. The number of rotatable bonds is 9. The summed E-state index contributed by atoms with van der Waals surface area (Å²) in [6.07, 6.45) is 8.41. The van der Waals surface area contributed by atoms with Crippen LogP contribution in [0.4, 0.5) is 0 Å². The van der Waals surface area contributed by atoms with Crippen LogP contribution in [0, 0.1) is 0 Å². The second kappa shape index (κ2) is 10.2. The van der Waals surface area contributed by atoms with Crippen molar-refractivity contribution in [1.29, 1.82) is 0 Å². The van der Waals surface area contributed by atoms with Gasteiger partial charge >= 0.3 is 0 Å². The SMILES string of the molecule is CCCCCNC(=O)C=CCCCC(N)=O. The van der Waals surface area contributed by atoms with E-state index in [1.807, 2.05) is 0 Å². The number of nitrogens with one attached hydrogen (secondary N) is 1. The van der Waals surface area contributed by atoms with E-state index in [1.54, 1.807) is 6.08 Å². The molecule has 0 spiro atoms. The van der Waals surface area contributed by atoms with Gasteiger partial charge in [-0.05, 0) is 25.3 Å². The first kappa shape index (κ1) is 14.7. The van der Waals surface area contributed by atoms with Gasteiger partial charge in [0.2, 0.25) is 11.8 Å². The molecule has 0 saturated carbocycles. The zero-order chi connectivity index (χ0) is 12.2. The standard InChI is InChI=1S/C12H22N2O2/c1-2-3-7-10-14-12(16)9-6-4-5-8-11(13)15/h6,9H,2-5,7-8,10H2,1H3,(H2,13,15)(H,14,16). The molecule has 0 aliphatic rings. The molecule has 2 amide bonds. The van der Waals surface area contributed by atoms with Gasteiger partial charge in [0.15, 0.2) is 0 Å². The topological polar surface area (TPSA) is 72.2 Å². The Morgan fingerprint density at radius 3 is 2.62 bits per heavy atom. The van der Waals surface area contributed by atoms with Gasteiger partial charge in [-0.15, -0.1) is 0 Å². The minimum absolute atomic E-state index is 0.0600. The van der Waals surface area contributed by atoms with Crippen molar-refractivity contribution in [1.82, 2.24) is 5.32 Å². The Morgan fingerprint density at radius 1 is 1.25 bits per heavy atom. The molecule has 4 heteroatoms. The van der Waals surface area contributed by atoms with E-state index in [1.165, 1.54) is 6.08 Å². The van der Waals surface area contributed by atoms with Gasteiger partial charge in [0.25, 0.3) is 0 Å². The van der Waals surface area contributed by atoms with E-state index in [-0.39, 0.29) is 11.8 Å². The molecule has 4 nitrogen and oxygen atoms in total. The molecule has 0 bridgehead atoms. The van der Waals surface area contributed by atoms with Crippen molar-refractivity contribution in [2.45, 2.75) is 45.4 Å². The normalized spacial score (nSPS) is 10.6. The zero-order valence-electron chi connectivity index (χ0n) is 10.00. The van der Waals surface area contributed by atoms with Gasteiger partial charge in [0, 0.05) is 13.0 Å². The number of amides is 2. The van der Waals surface area contributed by atoms with Crippen molar-refractivity contribution in [3.8, 4) is 0 Å². The molecule has 0 aromatic carbocycles. The highest BCUT2D eigenvalue weighted by Crippen LogP contribution is 1.95. The largest absolute Gasteiger partial charge is 0.370 e. The molecule has 0 aromatic heterocycles. The molecule has 0 unspecified atom stereocenters. The summed E-state index contributed by atoms with van der Waals surface area (Å²) < 4.78 is 0. The van der Waals surface area contributed by atoms with Gasteiger partial charge in [0.1, 0.15) is 0 Å². The fourth-order valence-corrected chi connectivity index (χ4v) is 1.23. The highest BCUT2D eigenvalue weighted by molar-refractivity contribution is 5.87. The Balaban J connectivity index is 3.40. The van der Waals surface area contributed by atoms with Gasteiger partial charge < -0.3 is 11.1 Å². The number of carbonyl (C=O) groups is 2. The first-order valence-electron chi connectivity index (χ1n) is 5.89. The predicted octanol–water partition coefficient (Wildman–Crippen LogP) is 1.50. The number of hydrogen-bond acceptors (Lipinski definition) is 2. The first-order chi connectivity index (χ1) is 7.66. The molecule has 92 valence electrons. The first-order valence-corrected chi connectivity index (χ1v) is 5.89. The average molecular weight is 226 g/mol. The molecule has 0 rings (SSSR count). The van der Waals surface area contributed by atoms with Crippen molar-refractivity contribution in [2.24, 2.45) is 5.73 Å². The third-order valence-corrected chi connectivity index (χ3v) is 2.14. The summed E-state index contributed by atoms with van der Waals surface area (Å²) >= 11 is 0. The lowest BCUT2D eigenvalue weighted by molar-refractivity contribution is -0.118. The maximum atomic E-state index is 11.2. The molecule has 0 fully saturated rings. The van der Waals surface area contributed by atoms with Crippen LogP contribution >= 0.6 is 0 Å². The second-order valence-corrected chi connectivity index (χ2v) is 3.76. The molecule has 0 atom stereocenters. The van der Waals surface area contributed by atoms with E-state index in [0.29, 0.717) is 19.3 Å². The number of primary amides is 1. The quantitative estimate of drug-likeness (QED) is 0.462. The Labute approximate surface area is 97.3 Å². The number of nitrogens with two attached hydrogens (primary N) is 1. The van der Waals surface area contributed by atoms with Gasteiger partial charge in [-0.25, -0.2) is 0 Å². The van der Waals surface area contributed by atoms with Gasteiger partial charge in [0.05, 0.1) is 0 Å². The third kappa shape index (κ3) is 10.8. The van der Waals surface area contributed by atoms with Crippen LogP contribution in [0.3, 0.4) is 0 Å². The van der Waals surface area contributed by atoms with E-state index in [9.17, 15) is 9.59 Å². The summed E-state index contributed by atoms with van der Waals surface area (Å²) in [5.41, 5.74) is 4.99. The smallest absolute Gasteiger partial charge is 0.243 e. The molecule has 0 aliphatic heterocycles. The summed E-state index contributed by atoms with van der Waals surface area (Å²) in [7, 11) is 0. The summed E-state index contributed by atoms with van der Waals surface area (Å²) in [5.74, 6) is -0.354. The van der Waals surface area contributed by atoms with Crippen molar-refractivity contribution in [2.75, 3.05) is 6.54 Å². The summed E-state index contributed by atoms with van der Waals surface area (Å²) in [4.78, 5) is 21.6. The minimum Gasteiger partial charge on any atom is -0.370 e. The van der Waals surface area contributed by atoms with Gasteiger partial charge in [-0.1, -0.05) is 25.8 Å². The number of hydrogen-bond donors (Lipinski definition) is 2. The number of allylic oxidation sites excluding steroid dienone is 1. The highest BCUT2D eigenvalue weighted by Gasteiger charge is 1.94. The van der Waals surface area contributed by atoms with E-state index >= 15 is 0 Å². The predicted molar refractivity (Wildman–Crippen MR) is 64.7 cm³/mol. The Hall–Kier alpha value is -1.32. The number of unbranched alkanes of at least 4 members (excludes halogenated alkanes) is 3. The highest BCUT2D eigenvalue weighted by atomic mass is 16.1. The summed E-state index contributed by atoms with van der Waals surface area (Å²) in [5, 5.41) is 2.80. The lowest BCUT2D eigenvalue weighted by Crippen LogP contribution is -2.21. The summed E-state index contributed by atoms with van der Waals surface area (Å²) in [6.45, 7) is 2.86. The fraction of sp³-hybridized carbons (Fsp3) is 0.667. The average Bonchev–Trinajstić information content (AvgIpc) is 2.23. The van der Waals surface area contributed by atoms with Gasteiger partial charge in [-0.3, -0.25) is 9.59 Å². The minimum atomic E-state index is -0.294. The van der Waals surface area contributed by atoms with Crippen molar-refractivity contribution in [3.63, 3.8) is 0 Å². The maximum absolute atomic E-state index is 11.2. The monoisotopic (exact) mass is 226 g/mol. The maximum Gasteiger partial charge on any atom is 0.243 e. The van der Waals surface area contributed by atoms with Crippen molar-refractivity contribution >= 4 is 11.8 Å². The molecule has 16 heavy (non-hydrogen) atoms. The number of carbonyl (C=O) groups excluding carboxylic acids is 2. The van der Waals surface area contributed by atoms with E-state index in [4.69, 9.17) is 5.73 Å². The van der Waals surface area contributed by atoms with Crippen LogP contribution in [0.2, 0.25) is 0 Å². The fourth-order valence-electron chi connectivity index (χ4n) is 1.23. The van der Waals surface area contributed by atoms with Gasteiger partial charge in [-0.2, -0.15) is 0 Å². The Kier molecular flexibility index (Phi) is 9.36. The van der Waals surface area contributed by atoms with Crippen LogP contribution in [0.1, 0.15) is 45.4 Å². The Bertz CT molecular complexity index is 237. The van der Waals surface area contributed by atoms with E-state index in [0.717, 1.165) is 25.8 Å². The molecule has 0 aliphatic carbocycles. The van der Waals surface area contributed by atoms with Crippen LogP contribution in [0.5, 0.6) is 0 Å².